The van der Waals surface area contributed by atoms with Crippen molar-refractivity contribution in [3.63, 3.8) is 0 Å². The molecule has 0 saturated carbocycles. The van der Waals surface area contributed by atoms with E-state index in [9.17, 15) is 127 Å². The molecule has 0 aliphatic heterocycles. The number of fused-ring (bicyclic) bond motifs is 14. The van der Waals surface area contributed by atoms with Gasteiger partial charge in [0.2, 0.25) is 0 Å². The first kappa shape index (κ1) is 62.6. The zero-order valence-electron chi connectivity index (χ0n) is 41.9. The molecule has 0 amide bonds. The molecule has 448 valence electrons. The number of rotatable bonds is 7. The van der Waals surface area contributed by atoms with Crippen LogP contribution in [0.5, 0.6) is 40.2 Å². The lowest BCUT2D eigenvalue weighted by Crippen LogP contribution is -2.08. The minimum absolute atomic E-state index is 0.597. The van der Waals surface area contributed by atoms with E-state index in [4.69, 9.17) is 0 Å². The molecule has 0 spiro atoms. The van der Waals surface area contributed by atoms with E-state index in [1.165, 1.54) is 0 Å². The van der Waals surface area contributed by atoms with Crippen molar-refractivity contribution in [2.75, 3.05) is 0 Å². The van der Waals surface area contributed by atoms with Crippen LogP contribution in [0.15, 0.2) is 119 Å². The quantitative estimate of drug-likeness (QED) is 0.101. The maximum absolute atomic E-state index is 12.8. The molecule has 0 heterocycles. The molecule has 1 aliphatic rings. The number of hydrogen-bond acceptors (Lipinski definition) is 21. The fourth-order valence-electron chi connectivity index (χ4n) is 9.46. The Morgan fingerprint density at radius 2 is 0.250 bits per heavy atom. The first-order chi connectivity index (χ1) is 38.4. The molecule has 0 radical (unpaired) electrons. The molecule has 35 heteroatoms. The summed E-state index contributed by atoms with van der Waals surface area (Å²) < 4.78 is 251. The molecular weight excluding hydrogens is 1260 g/mol. The maximum atomic E-state index is 12.8. The largest absolute Gasteiger partial charge is 0.507 e. The van der Waals surface area contributed by atoms with Crippen LogP contribution in [-0.4, -0.2) is 127 Å². The van der Waals surface area contributed by atoms with Crippen LogP contribution >= 0.6 is 0 Å². The SMILES string of the molecule is O=S(=O)(O)c1cc2c(O)c(c1)Cc1cc(S(=O)(=O)O)cc(c1O)Cc1cc(S(=O)(=O)O)cc(c1O)Cc1cc(S(=O)(=O)O)cc(c1O)Cc1cc(S(=O)(=O)O)cc(c1O)Cc1cc(S(=O)(=O)O)cc(c1O)Cc1cc(S(=O)(=O)O)cc(c1O)C2. The zero-order chi connectivity index (χ0) is 62.5. The number of aromatic hydroxyl groups is 7. The van der Waals surface area contributed by atoms with Gasteiger partial charge < -0.3 is 35.7 Å². The highest BCUT2D eigenvalue weighted by Gasteiger charge is 2.30. The lowest BCUT2D eigenvalue weighted by atomic mass is 9.91. The Hall–Kier alpha value is -7.49. The van der Waals surface area contributed by atoms with E-state index in [2.05, 4.69) is 0 Å². The van der Waals surface area contributed by atoms with Gasteiger partial charge in [0.15, 0.2) is 0 Å². The number of phenols is 7. The average molecular weight is 1300 g/mol. The number of hydrogen-bond donors (Lipinski definition) is 14. The first-order valence-electron chi connectivity index (χ1n) is 23.1. The van der Waals surface area contributed by atoms with Gasteiger partial charge in [-0.1, -0.05) is 0 Å². The summed E-state index contributed by atoms with van der Waals surface area (Å²) in [4.78, 5) is -7.48. The molecule has 7 aromatic carbocycles. The van der Waals surface area contributed by atoms with Crippen molar-refractivity contribution in [1.29, 1.82) is 0 Å². The van der Waals surface area contributed by atoms with Gasteiger partial charge in [-0.15, -0.1) is 0 Å². The highest BCUT2D eigenvalue weighted by molar-refractivity contribution is 7.87. The molecule has 7 aromatic rings. The third-order valence-electron chi connectivity index (χ3n) is 13.4. The third-order valence-corrected chi connectivity index (χ3v) is 19.3. The van der Waals surface area contributed by atoms with Crippen molar-refractivity contribution in [3.05, 3.63) is 163 Å². The molecular formula is C49H42O28S7. The van der Waals surface area contributed by atoms with E-state index in [1.54, 1.807) is 0 Å². The topological polar surface area (TPSA) is 522 Å². The molecule has 28 nitrogen and oxygen atoms in total. The lowest BCUT2D eigenvalue weighted by Gasteiger charge is -2.19. The predicted octanol–water partition coefficient (Wildman–Crippen LogP) is 3.80. The monoisotopic (exact) mass is 1300 g/mol. The van der Waals surface area contributed by atoms with Crippen molar-refractivity contribution in [1.82, 2.24) is 0 Å². The Bertz CT molecular complexity index is 3820. The fourth-order valence-corrected chi connectivity index (χ4v) is 13.5. The van der Waals surface area contributed by atoms with Gasteiger partial charge in [-0.2, -0.15) is 58.9 Å². The van der Waals surface area contributed by atoms with E-state index >= 15 is 0 Å². The van der Waals surface area contributed by atoms with E-state index in [0.717, 1.165) is 0 Å². The first-order valence-corrected chi connectivity index (χ1v) is 33.2. The summed E-state index contributed by atoms with van der Waals surface area (Å²) >= 11 is 0. The molecule has 14 bridgehead atoms. The van der Waals surface area contributed by atoms with Crippen molar-refractivity contribution in [2.24, 2.45) is 0 Å². The van der Waals surface area contributed by atoms with Crippen molar-refractivity contribution < 1.29 is 127 Å². The molecule has 0 unspecified atom stereocenters. The van der Waals surface area contributed by atoms with Gasteiger partial charge in [-0.25, -0.2) is 0 Å². The average Bonchev–Trinajstić information content (AvgIpc) is 2.09. The predicted molar refractivity (Wildman–Crippen MR) is 285 cm³/mol. The highest BCUT2D eigenvalue weighted by atomic mass is 32.2. The van der Waals surface area contributed by atoms with Crippen molar-refractivity contribution >= 4 is 70.8 Å². The summed E-state index contributed by atoms with van der Waals surface area (Å²) in [5.74, 6) is -7.05. The van der Waals surface area contributed by atoms with E-state index in [-0.39, 0.29) is 0 Å². The lowest BCUT2D eigenvalue weighted by molar-refractivity contribution is 0.450. The molecule has 0 aromatic heterocycles. The summed E-state index contributed by atoms with van der Waals surface area (Å²) in [5, 5.41) is 82.5. The van der Waals surface area contributed by atoms with Gasteiger partial charge >= 0.3 is 0 Å². The van der Waals surface area contributed by atoms with E-state index < -0.39 is 268 Å². The van der Waals surface area contributed by atoms with E-state index in [1.807, 2.05) is 0 Å². The molecule has 0 atom stereocenters. The minimum Gasteiger partial charge on any atom is -0.507 e. The second-order valence-electron chi connectivity index (χ2n) is 19.2. The van der Waals surface area contributed by atoms with E-state index in [0.29, 0.717) is 84.9 Å². The molecule has 1 aliphatic carbocycles. The third kappa shape index (κ3) is 13.2. The van der Waals surface area contributed by atoms with Gasteiger partial charge in [-0.3, -0.25) is 31.9 Å². The van der Waals surface area contributed by atoms with Gasteiger partial charge in [0.1, 0.15) is 40.2 Å². The highest BCUT2D eigenvalue weighted by Crippen LogP contribution is 2.43. The Morgan fingerprint density at radius 3 is 0.310 bits per heavy atom. The summed E-state index contributed by atoms with van der Waals surface area (Å²) in [7, 11) is -37.6. The Balaban J connectivity index is 1.48. The Kier molecular flexibility index (Phi) is 16.0. The van der Waals surface area contributed by atoms with Gasteiger partial charge in [0, 0.05) is 123 Å². The van der Waals surface area contributed by atoms with Crippen LogP contribution in [0.4, 0.5) is 0 Å². The molecule has 0 fully saturated rings. The van der Waals surface area contributed by atoms with Crippen LogP contribution in [0.25, 0.3) is 0 Å². The Morgan fingerprint density at radius 1 is 0.179 bits per heavy atom. The van der Waals surface area contributed by atoms with Crippen LogP contribution < -0.4 is 0 Å². The smallest absolute Gasteiger partial charge is 0.294 e. The molecule has 14 N–H and O–H groups in total. The summed E-state index contributed by atoms with van der Waals surface area (Å²) in [5.41, 5.74) is -8.98. The minimum atomic E-state index is -5.37. The standard InChI is InChI=1S/C49H42O28S7/c50-43-22-1-23-9-37(79(60,61)62)11-25(44(23)51)3-27-13-39(81(66,67)68)15-29(46(27)53)5-31-17-41(83(72,73)74)19-33(48(31)55)7-35-21-42(84(75,76)77)20-34(49(35)56)6-32-18-40(82(69,70)71)16-30(47(32)54)4-28-14-38(80(63,64)65)12-26(45(28)52)2-24(43)10-36(8-22)78(57,58)59/h8-21,50-56H,1-7H2,(H,57,58,59)(H,60,61,62)(H,63,64,65)(H,66,67,68)(H,69,70,71)(H,72,73,74)(H,75,76,77). The maximum Gasteiger partial charge on any atom is 0.294 e. The van der Waals surface area contributed by atoms with Gasteiger partial charge in [0.25, 0.3) is 70.8 Å². The summed E-state index contributed by atoms with van der Waals surface area (Å²) in [6.07, 6.45) is -6.97. The fraction of sp³-hybridized carbons (Fsp3) is 0.143. The second kappa shape index (κ2) is 21.5. The van der Waals surface area contributed by atoms with Crippen LogP contribution in [0.2, 0.25) is 0 Å². The second-order valence-corrected chi connectivity index (χ2v) is 29.1. The van der Waals surface area contributed by atoms with Crippen molar-refractivity contribution in [2.45, 2.75) is 79.2 Å². The van der Waals surface area contributed by atoms with Crippen LogP contribution in [0.1, 0.15) is 77.9 Å². The summed E-state index contributed by atoms with van der Waals surface area (Å²) in [6, 6.07) is 8.36. The zero-order valence-corrected chi connectivity index (χ0v) is 47.6. The molecule has 0 saturated heterocycles. The number of phenolic OH excluding ortho intramolecular Hbond substituents is 7. The Labute approximate surface area is 476 Å². The van der Waals surface area contributed by atoms with Gasteiger partial charge in [-0.05, 0) is 84.9 Å². The van der Waals surface area contributed by atoms with Crippen LogP contribution in [-0.2, 0) is 116 Å². The molecule has 8 rings (SSSR count). The summed E-state index contributed by atoms with van der Waals surface area (Å²) in [6.45, 7) is 0. The normalized spacial score (nSPS) is 14.1. The van der Waals surface area contributed by atoms with Crippen LogP contribution in [0.3, 0.4) is 0 Å². The van der Waals surface area contributed by atoms with Crippen LogP contribution in [0, 0.1) is 0 Å². The number of benzene rings is 7. The van der Waals surface area contributed by atoms with Gasteiger partial charge in [0.05, 0.1) is 34.3 Å². The van der Waals surface area contributed by atoms with Crippen molar-refractivity contribution in [3.8, 4) is 40.2 Å². The molecule has 84 heavy (non-hydrogen) atoms.